The monoisotopic (exact) mass is 369 g/mol. The zero-order valence-electron chi connectivity index (χ0n) is 10.4. The van der Waals surface area contributed by atoms with Gasteiger partial charge in [-0.1, -0.05) is 0 Å². The molecule has 116 valence electrons. The molecule has 0 bridgehead atoms. The summed E-state index contributed by atoms with van der Waals surface area (Å²) < 4.78 is 37.9. The lowest BCUT2D eigenvalue weighted by molar-refractivity contribution is -0.146. The maximum Gasteiger partial charge on any atom is 0.416 e. The molecule has 0 aliphatic carbocycles. The highest BCUT2D eigenvalue weighted by Gasteiger charge is 2.31. The van der Waals surface area contributed by atoms with Crippen molar-refractivity contribution in [2.45, 2.75) is 18.7 Å². The summed E-state index contributed by atoms with van der Waals surface area (Å²) in [6.45, 7) is -0.186. The molecule has 0 spiro atoms. The number of aliphatic hydroxyl groups excluding tert-OH is 1. The minimum absolute atomic E-state index is 0.173. The quantitative estimate of drug-likeness (QED) is 0.741. The van der Waals surface area contributed by atoms with E-state index in [2.05, 4.69) is 21.2 Å². The summed E-state index contributed by atoms with van der Waals surface area (Å²) in [5.41, 5.74) is -1.20. The minimum atomic E-state index is -4.57. The van der Waals surface area contributed by atoms with E-state index in [1.165, 1.54) is 0 Å². The molecule has 3 N–H and O–H groups in total. The number of benzene rings is 1. The number of hydrogen-bond donors (Lipinski definition) is 3. The predicted molar refractivity (Wildman–Crippen MR) is 69.7 cm³/mol. The Bertz CT molecular complexity index is 548. The molecule has 1 unspecified atom stereocenters. The van der Waals surface area contributed by atoms with Gasteiger partial charge in [0.15, 0.2) is 6.10 Å². The average molecular weight is 370 g/mol. The molecule has 5 nitrogen and oxygen atoms in total. The van der Waals surface area contributed by atoms with Gasteiger partial charge in [0.1, 0.15) is 0 Å². The second kappa shape index (κ2) is 6.90. The van der Waals surface area contributed by atoms with E-state index in [1.54, 1.807) is 0 Å². The van der Waals surface area contributed by atoms with Crippen molar-refractivity contribution in [3.8, 4) is 0 Å². The van der Waals surface area contributed by atoms with Crippen LogP contribution in [-0.4, -0.2) is 34.7 Å². The van der Waals surface area contributed by atoms with Crippen LogP contribution < -0.4 is 5.32 Å². The van der Waals surface area contributed by atoms with E-state index in [4.69, 9.17) is 10.2 Å². The fraction of sp³-hybridized carbons (Fsp3) is 0.333. The molecule has 21 heavy (non-hydrogen) atoms. The van der Waals surface area contributed by atoms with Crippen LogP contribution in [0.15, 0.2) is 22.7 Å². The number of carbonyl (C=O) groups is 2. The Kier molecular flexibility index (Phi) is 5.73. The van der Waals surface area contributed by atoms with E-state index in [1.807, 2.05) is 0 Å². The van der Waals surface area contributed by atoms with Crippen molar-refractivity contribution in [2.24, 2.45) is 0 Å². The highest BCUT2D eigenvalue weighted by Crippen LogP contribution is 2.31. The van der Waals surface area contributed by atoms with Crippen LogP contribution in [0.2, 0.25) is 0 Å². The van der Waals surface area contributed by atoms with Gasteiger partial charge in [-0.25, -0.2) is 4.79 Å². The fourth-order valence-electron chi connectivity index (χ4n) is 1.42. The van der Waals surface area contributed by atoms with Gasteiger partial charge in [-0.2, -0.15) is 13.2 Å². The first-order valence-corrected chi connectivity index (χ1v) is 6.48. The molecule has 1 amide bonds. The average Bonchev–Trinajstić information content (AvgIpc) is 2.37. The molecule has 9 heteroatoms. The van der Waals surface area contributed by atoms with Crippen LogP contribution >= 0.6 is 15.9 Å². The van der Waals surface area contributed by atoms with Crippen LogP contribution in [0.5, 0.6) is 0 Å². The Morgan fingerprint density at radius 3 is 2.48 bits per heavy atom. The van der Waals surface area contributed by atoms with Crippen LogP contribution in [0.25, 0.3) is 0 Å². The molecule has 1 aromatic carbocycles. The summed E-state index contributed by atoms with van der Waals surface area (Å²) in [7, 11) is 0. The van der Waals surface area contributed by atoms with E-state index in [0.717, 1.165) is 12.1 Å². The summed E-state index contributed by atoms with van der Waals surface area (Å²) in [6, 6.07) is 2.62. The van der Waals surface area contributed by atoms with E-state index in [-0.39, 0.29) is 23.0 Å². The molecule has 0 aliphatic heterocycles. The second-order valence-electron chi connectivity index (χ2n) is 4.09. The number of carbonyl (C=O) groups excluding carboxylic acids is 1. The number of aliphatic hydroxyl groups is 1. The van der Waals surface area contributed by atoms with Crippen LogP contribution in [0.4, 0.5) is 13.2 Å². The summed E-state index contributed by atoms with van der Waals surface area (Å²) in [4.78, 5) is 22.1. The molecular weight excluding hydrogens is 359 g/mol. The number of carboxylic acid groups (broad SMARTS) is 1. The first-order chi connectivity index (χ1) is 9.62. The molecule has 1 aromatic rings. The van der Waals surface area contributed by atoms with Gasteiger partial charge in [-0.3, -0.25) is 4.79 Å². The van der Waals surface area contributed by atoms with Crippen molar-refractivity contribution in [3.63, 3.8) is 0 Å². The maximum atomic E-state index is 12.6. The predicted octanol–water partition coefficient (Wildman–Crippen LogP) is 2.03. The van der Waals surface area contributed by atoms with Gasteiger partial charge in [0.25, 0.3) is 5.91 Å². The van der Waals surface area contributed by atoms with E-state index in [9.17, 15) is 22.8 Å². The first kappa shape index (κ1) is 17.4. The topological polar surface area (TPSA) is 86.6 Å². The Labute approximate surface area is 125 Å². The lowest BCUT2D eigenvalue weighted by Crippen LogP contribution is -2.30. The van der Waals surface area contributed by atoms with Gasteiger partial charge in [0.05, 0.1) is 11.1 Å². The largest absolute Gasteiger partial charge is 0.479 e. The molecule has 0 aliphatic rings. The number of aliphatic carboxylic acids is 1. The van der Waals surface area contributed by atoms with Crippen molar-refractivity contribution >= 4 is 27.8 Å². The third kappa shape index (κ3) is 5.01. The number of hydrogen-bond acceptors (Lipinski definition) is 3. The summed E-state index contributed by atoms with van der Waals surface area (Å²) in [6.07, 6.45) is -6.47. The van der Waals surface area contributed by atoms with Crippen molar-refractivity contribution in [1.82, 2.24) is 5.32 Å². The Balaban J connectivity index is 2.76. The minimum Gasteiger partial charge on any atom is -0.479 e. The van der Waals surface area contributed by atoms with Crippen molar-refractivity contribution in [3.05, 3.63) is 33.8 Å². The summed E-state index contributed by atoms with van der Waals surface area (Å²) >= 11 is 2.97. The molecule has 0 saturated carbocycles. The Morgan fingerprint density at radius 1 is 1.33 bits per heavy atom. The molecule has 0 saturated heterocycles. The van der Waals surface area contributed by atoms with Crippen LogP contribution in [0, 0.1) is 0 Å². The zero-order chi connectivity index (χ0) is 16.2. The number of rotatable bonds is 5. The molecule has 1 rings (SSSR count). The highest BCUT2D eigenvalue weighted by molar-refractivity contribution is 9.10. The number of alkyl halides is 3. The van der Waals surface area contributed by atoms with Crippen LogP contribution in [0.3, 0.4) is 0 Å². The third-order valence-corrected chi connectivity index (χ3v) is 3.22. The first-order valence-electron chi connectivity index (χ1n) is 5.68. The number of carboxylic acids is 1. The van der Waals surface area contributed by atoms with E-state index < -0.39 is 29.7 Å². The number of amides is 1. The van der Waals surface area contributed by atoms with Crippen LogP contribution in [0.1, 0.15) is 22.3 Å². The van der Waals surface area contributed by atoms with Crippen molar-refractivity contribution in [2.75, 3.05) is 6.54 Å². The van der Waals surface area contributed by atoms with Gasteiger partial charge < -0.3 is 15.5 Å². The smallest absolute Gasteiger partial charge is 0.416 e. The van der Waals surface area contributed by atoms with Crippen LogP contribution in [-0.2, 0) is 11.0 Å². The molecule has 0 fully saturated rings. The van der Waals surface area contributed by atoms with Crippen molar-refractivity contribution < 1.29 is 33.0 Å². The van der Waals surface area contributed by atoms with Gasteiger partial charge in [0, 0.05) is 17.4 Å². The molecule has 1 atom stereocenters. The lowest BCUT2D eigenvalue weighted by Gasteiger charge is -2.11. The Morgan fingerprint density at radius 2 is 1.95 bits per heavy atom. The number of halogens is 4. The standard InChI is InChI=1S/C12H11BrF3NO4/c13-8-2-1-6(12(14,15)16)5-7(8)10(19)17-4-3-9(18)11(20)21/h1-2,5,9,18H,3-4H2,(H,17,19)(H,20,21). The molecule has 0 heterocycles. The maximum absolute atomic E-state index is 12.6. The SMILES string of the molecule is O=C(NCCC(O)C(=O)O)c1cc(C(F)(F)F)ccc1Br. The van der Waals surface area contributed by atoms with Crippen molar-refractivity contribution in [1.29, 1.82) is 0 Å². The van der Waals surface area contributed by atoms with Gasteiger partial charge >= 0.3 is 12.1 Å². The summed E-state index contributed by atoms with van der Waals surface area (Å²) in [5, 5.41) is 19.7. The van der Waals surface area contributed by atoms with E-state index in [0.29, 0.717) is 6.07 Å². The van der Waals surface area contributed by atoms with Gasteiger partial charge in [-0.15, -0.1) is 0 Å². The second-order valence-corrected chi connectivity index (χ2v) is 4.95. The zero-order valence-corrected chi connectivity index (χ0v) is 12.0. The lowest BCUT2D eigenvalue weighted by atomic mass is 10.1. The summed E-state index contributed by atoms with van der Waals surface area (Å²) in [5.74, 6) is -2.24. The molecule has 0 radical (unpaired) electrons. The third-order valence-electron chi connectivity index (χ3n) is 2.53. The Hall–Kier alpha value is -1.61. The normalized spacial score (nSPS) is 12.8. The van der Waals surface area contributed by atoms with Gasteiger partial charge in [0.2, 0.25) is 0 Å². The fourth-order valence-corrected chi connectivity index (χ4v) is 1.84. The van der Waals surface area contributed by atoms with E-state index >= 15 is 0 Å². The number of nitrogens with one attached hydrogen (secondary N) is 1. The molecule has 0 aromatic heterocycles. The van der Waals surface area contributed by atoms with Gasteiger partial charge in [-0.05, 0) is 34.1 Å². The highest BCUT2D eigenvalue weighted by atomic mass is 79.9. The molecular formula is C12H11BrF3NO4.